The molecule has 0 fully saturated rings. The number of hydrogen-bond acceptors (Lipinski definition) is 7. The van der Waals surface area contributed by atoms with Crippen molar-refractivity contribution in [3.63, 3.8) is 0 Å². The van der Waals surface area contributed by atoms with Crippen molar-refractivity contribution in [2.75, 3.05) is 5.73 Å². The second kappa shape index (κ2) is 7.05. The average Bonchev–Trinajstić information content (AvgIpc) is 3.38. The molecule has 5 aromatic rings. The third-order valence-corrected chi connectivity index (χ3v) is 7.79. The number of anilines is 1. The molecular weight excluding hydrogens is 418 g/mol. The Hall–Kier alpha value is -3.56. The standard InChI is InChI=1S/C21H15N5O2S2/c22-20-19(30(27,28)17-11-6-12-29-17)18-21(25-16-10-5-4-9-15(16)24-18)26(20)23-13-14-7-2-1-3-8-14/h1-13H,22H2/b23-13+. The Bertz CT molecular complexity index is 1510. The van der Waals surface area contributed by atoms with E-state index in [0.29, 0.717) is 11.0 Å². The van der Waals surface area contributed by atoms with Crippen LogP contribution >= 0.6 is 11.3 Å². The highest BCUT2D eigenvalue weighted by Crippen LogP contribution is 2.36. The molecule has 0 atom stereocenters. The maximum absolute atomic E-state index is 13.4. The Labute approximate surface area is 176 Å². The van der Waals surface area contributed by atoms with Crippen LogP contribution in [0.4, 0.5) is 5.82 Å². The lowest BCUT2D eigenvalue weighted by Crippen LogP contribution is -2.05. The zero-order valence-electron chi connectivity index (χ0n) is 15.5. The van der Waals surface area contributed by atoms with Gasteiger partial charge in [0.25, 0.3) is 0 Å². The summed E-state index contributed by atoms with van der Waals surface area (Å²) in [5.74, 6) is -0.0270. The maximum Gasteiger partial charge on any atom is 0.221 e. The van der Waals surface area contributed by atoms with Gasteiger partial charge in [-0.05, 0) is 29.1 Å². The van der Waals surface area contributed by atoms with E-state index >= 15 is 0 Å². The molecule has 0 aliphatic rings. The normalized spacial score (nSPS) is 12.3. The minimum Gasteiger partial charge on any atom is -0.382 e. The predicted octanol–water partition coefficient (Wildman–Crippen LogP) is 3.94. The van der Waals surface area contributed by atoms with E-state index in [-0.39, 0.29) is 26.1 Å². The summed E-state index contributed by atoms with van der Waals surface area (Å²) in [5.41, 5.74) is 8.86. The fourth-order valence-corrected chi connectivity index (χ4v) is 5.77. The van der Waals surface area contributed by atoms with Gasteiger partial charge in [0, 0.05) is 0 Å². The molecule has 0 saturated heterocycles. The lowest BCUT2D eigenvalue weighted by atomic mass is 10.2. The van der Waals surface area contributed by atoms with Gasteiger partial charge >= 0.3 is 0 Å². The molecule has 0 bridgehead atoms. The number of para-hydroxylation sites is 2. The summed E-state index contributed by atoms with van der Waals surface area (Å²) in [6.45, 7) is 0. The van der Waals surface area contributed by atoms with Crippen molar-refractivity contribution in [1.29, 1.82) is 0 Å². The number of nitrogen functional groups attached to an aromatic ring is 1. The van der Waals surface area contributed by atoms with Gasteiger partial charge in [-0.2, -0.15) is 9.78 Å². The van der Waals surface area contributed by atoms with Crippen LogP contribution < -0.4 is 5.73 Å². The van der Waals surface area contributed by atoms with Crippen LogP contribution in [0.3, 0.4) is 0 Å². The van der Waals surface area contributed by atoms with E-state index in [9.17, 15) is 8.42 Å². The first-order chi connectivity index (χ1) is 14.6. The Morgan fingerprint density at radius 2 is 1.63 bits per heavy atom. The minimum absolute atomic E-state index is 0.0270. The number of thiophene rings is 1. The van der Waals surface area contributed by atoms with Gasteiger partial charge in [0.2, 0.25) is 9.84 Å². The molecule has 0 aliphatic heterocycles. The first kappa shape index (κ1) is 18.5. The van der Waals surface area contributed by atoms with Crippen molar-refractivity contribution >= 4 is 55.4 Å². The Morgan fingerprint density at radius 3 is 2.33 bits per heavy atom. The number of benzene rings is 2. The largest absolute Gasteiger partial charge is 0.382 e. The Kier molecular flexibility index (Phi) is 4.34. The molecule has 0 amide bonds. The lowest BCUT2D eigenvalue weighted by Gasteiger charge is -2.02. The van der Waals surface area contributed by atoms with Gasteiger partial charge in [0.15, 0.2) is 5.65 Å². The quantitative estimate of drug-likeness (QED) is 0.432. The van der Waals surface area contributed by atoms with Crippen molar-refractivity contribution in [2.24, 2.45) is 5.10 Å². The smallest absolute Gasteiger partial charge is 0.221 e. The molecule has 7 nitrogen and oxygen atoms in total. The van der Waals surface area contributed by atoms with Crippen molar-refractivity contribution in [3.05, 3.63) is 77.7 Å². The summed E-state index contributed by atoms with van der Waals surface area (Å²) in [7, 11) is -3.89. The zero-order valence-corrected chi connectivity index (χ0v) is 17.1. The highest BCUT2D eigenvalue weighted by Gasteiger charge is 2.31. The SMILES string of the molecule is Nc1c(S(=O)(=O)c2cccs2)c2nc3ccccc3nc2n1/N=C/c1ccccc1. The summed E-state index contributed by atoms with van der Waals surface area (Å²) in [6, 6.07) is 19.9. The monoisotopic (exact) mass is 433 g/mol. The number of sulfone groups is 1. The molecule has 30 heavy (non-hydrogen) atoms. The molecule has 3 aromatic heterocycles. The second-order valence-electron chi connectivity index (χ2n) is 6.50. The fourth-order valence-electron chi connectivity index (χ4n) is 3.18. The van der Waals surface area contributed by atoms with Crippen LogP contribution in [-0.2, 0) is 9.84 Å². The van der Waals surface area contributed by atoms with E-state index in [2.05, 4.69) is 15.1 Å². The molecule has 9 heteroatoms. The van der Waals surface area contributed by atoms with E-state index in [4.69, 9.17) is 5.73 Å². The van der Waals surface area contributed by atoms with E-state index in [1.54, 1.807) is 29.8 Å². The van der Waals surface area contributed by atoms with Gasteiger partial charge in [0.05, 0.1) is 17.2 Å². The van der Waals surface area contributed by atoms with Crippen LogP contribution in [0, 0.1) is 0 Å². The Balaban J connectivity index is 1.83. The maximum atomic E-state index is 13.4. The van der Waals surface area contributed by atoms with Crippen LogP contribution in [0.25, 0.3) is 22.2 Å². The van der Waals surface area contributed by atoms with Gasteiger partial charge in [-0.25, -0.2) is 18.4 Å². The van der Waals surface area contributed by atoms with Gasteiger partial charge in [-0.1, -0.05) is 48.5 Å². The Morgan fingerprint density at radius 1 is 0.933 bits per heavy atom. The van der Waals surface area contributed by atoms with Crippen molar-refractivity contribution in [3.8, 4) is 0 Å². The number of fused-ring (bicyclic) bond motifs is 2. The summed E-state index contributed by atoms with van der Waals surface area (Å²) in [6.07, 6.45) is 1.61. The van der Waals surface area contributed by atoms with E-state index in [1.165, 1.54) is 4.68 Å². The van der Waals surface area contributed by atoms with Crippen LogP contribution in [0.1, 0.15) is 5.56 Å². The zero-order chi connectivity index (χ0) is 20.7. The number of aromatic nitrogens is 3. The van der Waals surface area contributed by atoms with Crippen molar-refractivity contribution in [2.45, 2.75) is 9.10 Å². The van der Waals surface area contributed by atoms with Crippen LogP contribution in [0.2, 0.25) is 0 Å². The fraction of sp³-hybridized carbons (Fsp3) is 0. The van der Waals surface area contributed by atoms with Crippen LogP contribution in [0.15, 0.2) is 86.3 Å². The summed E-state index contributed by atoms with van der Waals surface area (Å²) in [4.78, 5) is 9.11. The van der Waals surface area contributed by atoms with E-state index < -0.39 is 9.84 Å². The second-order valence-corrected chi connectivity index (χ2v) is 9.56. The van der Waals surface area contributed by atoms with Crippen LogP contribution in [-0.4, -0.2) is 29.3 Å². The number of nitrogens with two attached hydrogens (primary N) is 1. The van der Waals surface area contributed by atoms with E-state index in [1.807, 2.05) is 48.5 Å². The van der Waals surface area contributed by atoms with Gasteiger partial charge in [0.1, 0.15) is 20.4 Å². The molecule has 3 heterocycles. The molecular formula is C21H15N5O2S2. The molecule has 0 radical (unpaired) electrons. The van der Waals surface area contributed by atoms with Crippen molar-refractivity contribution < 1.29 is 8.42 Å². The van der Waals surface area contributed by atoms with Crippen LogP contribution in [0.5, 0.6) is 0 Å². The summed E-state index contributed by atoms with van der Waals surface area (Å²) < 4.78 is 28.2. The molecule has 0 aliphatic carbocycles. The lowest BCUT2D eigenvalue weighted by molar-refractivity contribution is 0.599. The number of rotatable bonds is 4. The predicted molar refractivity (Wildman–Crippen MR) is 119 cm³/mol. The summed E-state index contributed by atoms with van der Waals surface area (Å²) >= 11 is 1.13. The third kappa shape index (κ3) is 2.95. The van der Waals surface area contributed by atoms with E-state index in [0.717, 1.165) is 16.9 Å². The molecule has 0 saturated carbocycles. The average molecular weight is 434 g/mol. The van der Waals surface area contributed by atoms with Gasteiger partial charge < -0.3 is 5.73 Å². The summed E-state index contributed by atoms with van der Waals surface area (Å²) in [5, 5.41) is 6.13. The van der Waals surface area contributed by atoms with Gasteiger partial charge in [-0.15, -0.1) is 11.3 Å². The highest BCUT2D eigenvalue weighted by molar-refractivity contribution is 7.93. The third-order valence-electron chi connectivity index (χ3n) is 4.58. The first-order valence-electron chi connectivity index (χ1n) is 9.00. The topological polar surface area (TPSA) is 103 Å². The molecule has 2 aromatic carbocycles. The first-order valence-corrected chi connectivity index (χ1v) is 11.4. The highest BCUT2D eigenvalue weighted by atomic mass is 32.2. The minimum atomic E-state index is -3.89. The molecule has 2 N–H and O–H groups in total. The molecule has 148 valence electrons. The molecule has 5 rings (SSSR count). The van der Waals surface area contributed by atoms with Gasteiger partial charge in [-0.3, -0.25) is 0 Å². The number of nitrogens with zero attached hydrogens (tertiary/aromatic N) is 4. The molecule has 0 unspecified atom stereocenters. The molecule has 0 spiro atoms. The van der Waals surface area contributed by atoms with Crippen molar-refractivity contribution in [1.82, 2.24) is 14.6 Å². The number of hydrogen-bond donors (Lipinski definition) is 1.